The number of carbonyl (C=O) groups is 1. The lowest BCUT2D eigenvalue weighted by Crippen LogP contribution is -2.27. The van der Waals surface area contributed by atoms with E-state index in [1.165, 1.54) is 16.3 Å². The molecule has 0 spiro atoms. The normalized spacial score (nSPS) is 16.2. The van der Waals surface area contributed by atoms with Crippen LogP contribution in [0.5, 0.6) is 0 Å². The van der Waals surface area contributed by atoms with E-state index in [1.54, 1.807) is 19.4 Å². The Balaban J connectivity index is 1.99. The summed E-state index contributed by atoms with van der Waals surface area (Å²) in [4.78, 5) is 16.7. The molecule has 0 bridgehead atoms. The van der Waals surface area contributed by atoms with Crippen LogP contribution < -0.4 is 16.9 Å². The van der Waals surface area contributed by atoms with Crippen molar-refractivity contribution in [3.8, 4) is 0 Å². The molecule has 6 nitrogen and oxygen atoms in total. The number of thiazole rings is 1. The summed E-state index contributed by atoms with van der Waals surface area (Å²) in [6.45, 7) is 0. The topological polar surface area (TPSA) is 97.3 Å². The molecule has 1 aromatic rings. The van der Waals surface area contributed by atoms with Crippen LogP contribution >= 0.6 is 11.3 Å². The molecule has 1 heterocycles. The Morgan fingerprint density at radius 1 is 1.67 bits per heavy atom. The number of nitrogens with two attached hydrogens (primary N) is 2. The van der Waals surface area contributed by atoms with E-state index in [4.69, 9.17) is 11.6 Å². The molecule has 5 N–H and O–H groups in total. The molecule has 1 amide bonds. The summed E-state index contributed by atoms with van der Waals surface area (Å²) >= 11 is 1.34. The maximum Gasteiger partial charge on any atom is 0.229 e. The number of aromatic nitrogens is 1. The Kier molecular flexibility index (Phi) is 3.83. The van der Waals surface area contributed by atoms with Crippen molar-refractivity contribution in [1.29, 1.82) is 0 Å². The summed E-state index contributed by atoms with van der Waals surface area (Å²) in [6, 6.07) is 0. The molecule has 1 aliphatic rings. The first kappa shape index (κ1) is 12.8. The number of hydrogen-bond donors (Lipinski definition) is 3. The molecule has 0 aliphatic heterocycles. The number of amides is 1. The van der Waals surface area contributed by atoms with Crippen molar-refractivity contribution >= 4 is 28.1 Å². The van der Waals surface area contributed by atoms with Gasteiger partial charge in [0.25, 0.3) is 0 Å². The van der Waals surface area contributed by atoms with Crippen LogP contribution in [0, 0.1) is 5.92 Å². The van der Waals surface area contributed by atoms with Gasteiger partial charge in [0.2, 0.25) is 5.91 Å². The lowest BCUT2D eigenvalue weighted by Gasteiger charge is -2.23. The predicted octanol–water partition coefficient (Wildman–Crippen LogP) is 0.944. The number of rotatable bonds is 4. The molecule has 2 rings (SSSR count). The molecule has 0 saturated heterocycles. The quantitative estimate of drug-likeness (QED) is 0.557. The van der Waals surface area contributed by atoms with Crippen molar-refractivity contribution in [3.05, 3.63) is 17.3 Å². The summed E-state index contributed by atoms with van der Waals surface area (Å²) in [6.07, 6.45) is 6.33. The highest BCUT2D eigenvalue weighted by atomic mass is 32.1. The third-order valence-electron chi connectivity index (χ3n) is 2.84. The molecule has 98 valence electrons. The Bertz CT molecular complexity index is 464. The average Bonchev–Trinajstić information content (AvgIpc) is 2.62. The number of anilines is 1. The second-order valence-corrected chi connectivity index (χ2v) is 5.43. The molecule has 1 aliphatic carbocycles. The molecular formula is C11H17N5OS. The first-order valence-electron chi connectivity index (χ1n) is 5.78. The van der Waals surface area contributed by atoms with E-state index in [-0.39, 0.29) is 11.8 Å². The molecule has 0 unspecified atom stereocenters. The van der Waals surface area contributed by atoms with Gasteiger partial charge in [-0.3, -0.25) is 4.79 Å². The minimum atomic E-state index is 0.0562. The first-order valence-corrected chi connectivity index (χ1v) is 6.60. The highest BCUT2D eigenvalue weighted by Crippen LogP contribution is 2.29. The van der Waals surface area contributed by atoms with E-state index in [0.717, 1.165) is 24.1 Å². The van der Waals surface area contributed by atoms with Crippen LogP contribution in [0.15, 0.2) is 12.4 Å². The van der Waals surface area contributed by atoms with Crippen LogP contribution in [0.2, 0.25) is 0 Å². The molecule has 0 atom stereocenters. The number of hydrazine groups is 1. The van der Waals surface area contributed by atoms with Crippen molar-refractivity contribution in [2.45, 2.75) is 19.3 Å². The molecule has 0 radical (unpaired) electrons. The highest BCUT2D eigenvalue weighted by molar-refractivity contribution is 7.16. The molecular weight excluding hydrogens is 250 g/mol. The predicted molar refractivity (Wildman–Crippen MR) is 72.2 cm³/mol. The lowest BCUT2D eigenvalue weighted by atomic mass is 9.85. The lowest BCUT2D eigenvalue weighted by molar-refractivity contribution is -0.122. The van der Waals surface area contributed by atoms with Gasteiger partial charge in [0.05, 0.1) is 10.6 Å². The summed E-state index contributed by atoms with van der Waals surface area (Å²) in [7, 11) is 1.69. The van der Waals surface area contributed by atoms with Gasteiger partial charge in [0.1, 0.15) is 0 Å². The summed E-state index contributed by atoms with van der Waals surface area (Å²) in [5.41, 5.74) is 6.36. The Hall–Kier alpha value is -1.60. The summed E-state index contributed by atoms with van der Waals surface area (Å²) < 4.78 is 0. The van der Waals surface area contributed by atoms with Crippen molar-refractivity contribution in [2.24, 2.45) is 17.5 Å². The van der Waals surface area contributed by atoms with Gasteiger partial charge in [-0.2, -0.15) is 0 Å². The van der Waals surface area contributed by atoms with E-state index in [1.807, 2.05) is 0 Å². The van der Waals surface area contributed by atoms with Crippen LogP contribution in [0.25, 0.3) is 5.70 Å². The third kappa shape index (κ3) is 2.99. The van der Waals surface area contributed by atoms with Crippen molar-refractivity contribution in [2.75, 3.05) is 12.4 Å². The van der Waals surface area contributed by atoms with E-state index in [0.29, 0.717) is 10.8 Å². The maximum atomic E-state index is 11.7. The molecule has 7 heteroatoms. The average molecular weight is 267 g/mol. The highest BCUT2D eigenvalue weighted by Gasteiger charge is 2.25. The molecule has 1 saturated carbocycles. The van der Waals surface area contributed by atoms with Gasteiger partial charge < -0.3 is 16.1 Å². The van der Waals surface area contributed by atoms with Gasteiger partial charge in [-0.25, -0.2) is 10.8 Å². The van der Waals surface area contributed by atoms with E-state index in [2.05, 4.69) is 10.3 Å². The van der Waals surface area contributed by atoms with Crippen LogP contribution in [-0.2, 0) is 4.79 Å². The Morgan fingerprint density at radius 3 is 2.94 bits per heavy atom. The zero-order valence-corrected chi connectivity index (χ0v) is 11.0. The van der Waals surface area contributed by atoms with Crippen LogP contribution in [0.3, 0.4) is 0 Å². The molecule has 18 heavy (non-hydrogen) atoms. The largest absolute Gasteiger partial charge is 0.396 e. The second-order valence-electron chi connectivity index (χ2n) is 4.40. The minimum Gasteiger partial charge on any atom is -0.396 e. The van der Waals surface area contributed by atoms with Gasteiger partial charge >= 0.3 is 0 Å². The maximum absolute atomic E-state index is 11.7. The zero-order valence-electron chi connectivity index (χ0n) is 10.2. The fourth-order valence-electron chi connectivity index (χ4n) is 1.63. The van der Waals surface area contributed by atoms with Gasteiger partial charge in [-0.05, 0) is 12.8 Å². The van der Waals surface area contributed by atoms with Crippen molar-refractivity contribution in [3.63, 3.8) is 0 Å². The van der Waals surface area contributed by atoms with Crippen LogP contribution in [0.1, 0.15) is 24.1 Å². The first-order chi connectivity index (χ1) is 8.56. The number of nitrogens with zero attached hydrogens (tertiary/aromatic N) is 2. The third-order valence-corrected chi connectivity index (χ3v) is 3.80. The summed E-state index contributed by atoms with van der Waals surface area (Å²) in [5, 5.41) is 4.77. The second kappa shape index (κ2) is 5.36. The number of hydrogen-bond acceptors (Lipinski definition) is 6. The standard InChI is InChI=1S/C11H17N5OS/c1-16(13)6-8(12)9-5-14-11(18-9)15-10(17)7-3-2-4-7/h5-7H,2-4,12-13H2,1H3,(H,14,15,17)/b8-6-. The van der Waals surface area contributed by atoms with Crippen LogP contribution in [0.4, 0.5) is 5.13 Å². The Morgan fingerprint density at radius 2 is 2.39 bits per heavy atom. The van der Waals surface area contributed by atoms with E-state index < -0.39 is 0 Å². The molecule has 1 fully saturated rings. The van der Waals surface area contributed by atoms with Crippen molar-refractivity contribution < 1.29 is 4.79 Å². The SMILES string of the molecule is CN(N)/C=C(\N)c1cnc(NC(=O)C2CCC2)s1. The van der Waals surface area contributed by atoms with Crippen LogP contribution in [-0.4, -0.2) is 22.9 Å². The van der Waals surface area contributed by atoms with Crippen molar-refractivity contribution in [1.82, 2.24) is 9.99 Å². The monoisotopic (exact) mass is 267 g/mol. The van der Waals surface area contributed by atoms with E-state index >= 15 is 0 Å². The summed E-state index contributed by atoms with van der Waals surface area (Å²) in [5.74, 6) is 5.68. The van der Waals surface area contributed by atoms with Gasteiger partial charge in [-0.1, -0.05) is 17.8 Å². The molecule has 0 aromatic carbocycles. The number of nitrogens with one attached hydrogen (secondary N) is 1. The van der Waals surface area contributed by atoms with Gasteiger partial charge in [-0.15, -0.1) is 0 Å². The van der Waals surface area contributed by atoms with Gasteiger partial charge in [0.15, 0.2) is 5.13 Å². The number of carbonyl (C=O) groups excluding carboxylic acids is 1. The fourth-order valence-corrected chi connectivity index (χ4v) is 2.37. The Labute approximate surface area is 110 Å². The molecule has 1 aromatic heterocycles. The van der Waals surface area contributed by atoms with Gasteiger partial charge in [0, 0.05) is 25.4 Å². The fraction of sp³-hybridized carbons (Fsp3) is 0.455. The zero-order chi connectivity index (χ0) is 13.1. The van der Waals surface area contributed by atoms with E-state index in [9.17, 15) is 4.79 Å². The smallest absolute Gasteiger partial charge is 0.229 e. The minimum absolute atomic E-state index is 0.0562.